The second-order valence-electron chi connectivity index (χ2n) is 4.38. The summed E-state index contributed by atoms with van der Waals surface area (Å²) in [6.07, 6.45) is 0.987. The molecule has 0 radical (unpaired) electrons. The summed E-state index contributed by atoms with van der Waals surface area (Å²) in [5.74, 6) is 0.565. The van der Waals surface area contributed by atoms with Crippen molar-refractivity contribution in [2.24, 2.45) is 5.73 Å². The van der Waals surface area contributed by atoms with Gasteiger partial charge >= 0.3 is 0 Å². The van der Waals surface area contributed by atoms with Crippen molar-refractivity contribution in [1.29, 1.82) is 0 Å². The lowest BCUT2D eigenvalue weighted by Gasteiger charge is -2.34. The van der Waals surface area contributed by atoms with E-state index >= 15 is 0 Å². The van der Waals surface area contributed by atoms with Crippen LogP contribution >= 0.6 is 0 Å². The van der Waals surface area contributed by atoms with Gasteiger partial charge in [0.05, 0.1) is 11.7 Å². The molecule has 1 saturated heterocycles. The number of ether oxygens (including phenoxy) is 1. The van der Waals surface area contributed by atoms with Crippen LogP contribution in [-0.4, -0.2) is 47.4 Å². The summed E-state index contributed by atoms with van der Waals surface area (Å²) < 4.78 is 5.75. The van der Waals surface area contributed by atoms with E-state index in [1.54, 1.807) is 0 Å². The number of hydrogen-bond donors (Lipinski definition) is 1. The topological polar surface area (TPSA) is 64.3 Å². The van der Waals surface area contributed by atoms with Gasteiger partial charge in [0, 0.05) is 19.2 Å². The molecule has 1 aromatic rings. The van der Waals surface area contributed by atoms with Crippen molar-refractivity contribution >= 4 is 0 Å². The first kappa shape index (κ1) is 11.3. The van der Waals surface area contributed by atoms with Crippen molar-refractivity contribution in [1.82, 2.24) is 15.1 Å². The number of likely N-dealkylation sites (N-methyl/N-ethyl adjacent to an activating group) is 1. The van der Waals surface area contributed by atoms with E-state index in [9.17, 15) is 0 Å². The average Bonchev–Trinajstić information content (AvgIpc) is 2.25. The van der Waals surface area contributed by atoms with Gasteiger partial charge in [-0.2, -0.15) is 5.10 Å². The van der Waals surface area contributed by atoms with E-state index in [1.807, 2.05) is 19.1 Å². The van der Waals surface area contributed by atoms with Crippen LogP contribution in [0.25, 0.3) is 0 Å². The minimum absolute atomic E-state index is 0.0434. The molecule has 0 spiro atoms. The molecule has 1 aliphatic heterocycles. The molecule has 2 heterocycles. The Morgan fingerprint density at radius 1 is 1.44 bits per heavy atom. The van der Waals surface area contributed by atoms with Gasteiger partial charge in [0.1, 0.15) is 6.10 Å². The van der Waals surface area contributed by atoms with E-state index in [2.05, 4.69) is 22.1 Å². The summed E-state index contributed by atoms with van der Waals surface area (Å²) in [4.78, 5) is 2.21. The van der Waals surface area contributed by atoms with E-state index in [4.69, 9.17) is 10.5 Å². The number of nitrogens with two attached hydrogens (primary N) is 1. The first-order valence-electron chi connectivity index (χ1n) is 5.56. The minimum Gasteiger partial charge on any atom is -0.472 e. The molecular formula is C11H18N4O. The predicted molar refractivity (Wildman–Crippen MR) is 61.3 cm³/mol. The Balaban J connectivity index is 1.96. The van der Waals surface area contributed by atoms with Crippen LogP contribution in [0.3, 0.4) is 0 Å². The highest BCUT2D eigenvalue weighted by Crippen LogP contribution is 2.15. The van der Waals surface area contributed by atoms with E-state index in [0.717, 1.165) is 25.2 Å². The molecule has 0 bridgehead atoms. The maximum absolute atomic E-state index is 6.03. The Hall–Kier alpha value is -1.20. The summed E-state index contributed by atoms with van der Waals surface area (Å²) in [5, 5.41) is 7.94. The molecule has 0 amide bonds. The minimum atomic E-state index is 0.0434. The molecule has 88 valence electrons. The van der Waals surface area contributed by atoms with Crippen molar-refractivity contribution in [3.8, 4) is 5.88 Å². The lowest BCUT2D eigenvalue weighted by atomic mass is 10.0. The van der Waals surface area contributed by atoms with Crippen LogP contribution in [0, 0.1) is 6.92 Å². The molecule has 2 rings (SSSR count). The fourth-order valence-electron chi connectivity index (χ4n) is 1.88. The molecule has 5 nitrogen and oxygen atoms in total. The molecular weight excluding hydrogens is 204 g/mol. The third kappa shape index (κ3) is 2.68. The molecule has 1 aliphatic rings. The zero-order valence-corrected chi connectivity index (χ0v) is 9.76. The molecule has 1 aromatic heterocycles. The summed E-state index contributed by atoms with van der Waals surface area (Å²) in [6.45, 7) is 3.78. The van der Waals surface area contributed by atoms with Crippen LogP contribution in [0.5, 0.6) is 5.88 Å². The van der Waals surface area contributed by atoms with Gasteiger partial charge in [-0.15, -0.1) is 5.10 Å². The van der Waals surface area contributed by atoms with Crippen LogP contribution in [0.4, 0.5) is 0 Å². The fraction of sp³-hybridized carbons (Fsp3) is 0.636. The van der Waals surface area contributed by atoms with Gasteiger partial charge in [-0.25, -0.2) is 0 Å². The van der Waals surface area contributed by atoms with Crippen LogP contribution in [0.15, 0.2) is 12.1 Å². The molecule has 2 unspecified atom stereocenters. The van der Waals surface area contributed by atoms with E-state index in [0.29, 0.717) is 5.88 Å². The number of aromatic nitrogens is 2. The van der Waals surface area contributed by atoms with Crippen molar-refractivity contribution in [2.75, 3.05) is 20.1 Å². The van der Waals surface area contributed by atoms with Crippen molar-refractivity contribution in [3.05, 3.63) is 17.8 Å². The Morgan fingerprint density at radius 2 is 2.25 bits per heavy atom. The summed E-state index contributed by atoms with van der Waals surface area (Å²) in [5.41, 5.74) is 6.92. The zero-order valence-electron chi connectivity index (χ0n) is 9.76. The molecule has 16 heavy (non-hydrogen) atoms. The standard InChI is InChI=1S/C11H18N4O/c1-8-3-4-11(14-13-8)16-10-5-6-15(2)7-9(10)12/h3-4,9-10H,5-7,12H2,1-2H3. The molecule has 2 N–H and O–H groups in total. The Kier molecular flexibility index (Phi) is 3.36. The normalized spacial score (nSPS) is 26.7. The zero-order chi connectivity index (χ0) is 11.5. The first-order chi connectivity index (χ1) is 7.65. The lowest BCUT2D eigenvalue weighted by Crippen LogP contribution is -2.52. The number of nitrogens with zero attached hydrogens (tertiary/aromatic N) is 3. The third-order valence-corrected chi connectivity index (χ3v) is 2.84. The summed E-state index contributed by atoms with van der Waals surface area (Å²) in [7, 11) is 2.07. The van der Waals surface area contributed by atoms with Crippen LogP contribution in [0.2, 0.25) is 0 Å². The molecule has 0 aliphatic carbocycles. The monoisotopic (exact) mass is 222 g/mol. The number of rotatable bonds is 2. The third-order valence-electron chi connectivity index (χ3n) is 2.84. The Morgan fingerprint density at radius 3 is 2.88 bits per heavy atom. The van der Waals surface area contributed by atoms with Gasteiger partial charge in [0.25, 0.3) is 0 Å². The van der Waals surface area contributed by atoms with Crippen LogP contribution < -0.4 is 10.5 Å². The highest BCUT2D eigenvalue weighted by molar-refractivity contribution is 5.11. The molecule has 1 fully saturated rings. The first-order valence-corrected chi connectivity index (χ1v) is 5.56. The van der Waals surface area contributed by atoms with E-state index in [-0.39, 0.29) is 12.1 Å². The molecule has 2 atom stereocenters. The van der Waals surface area contributed by atoms with Gasteiger partial charge in [0.2, 0.25) is 5.88 Å². The van der Waals surface area contributed by atoms with Gasteiger partial charge in [-0.05, 0) is 26.5 Å². The predicted octanol–water partition coefficient (Wildman–Crippen LogP) is 0.195. The van der Waals surface area contributed by atoms with Crippen molar-refractivity contribution in [2.45, 2.75) is 25.5 Å². The highest BCUT2D eigenvalue weighted by Gasteiger charge is 2.26. The lowest BCUT2D eigenvalue weighted by molar-refractivity contribution is 0.0878. The number of aryl methyl sites for hydroxylation is 1. The second kappa shape index (κ2) is 4.76. The maximum atomic E-state index is 6.03. The van der Waals surface area contributed by atoms with Crippen molar-refractivity contribution in [3.63, 3.8) is 0 Å². The smallest absolute Gasteiger partial charge is 0.233 e. The van der Waals surface area contributed by atoms with Gasteiger partial charge in [-0.1, -0.05) is 0 Å². The highest BCUT2D eigenvalue weighted by atomic mass is 16.5. The van der Waals surface area contributed by atoms with Crippen LogP contribution in [0.1, 0.15) is 12.1 Å². The Bertz CT molecular complexity index is 340. The number of likely N-dealkylation sites (tertiary alicyclic amines) is 1. The van der Waals surface area contributed by atoms with Gasteiger partial charge < -0.3 is 15.4 Å². The van der Waals surface area contributed by atoms with Crippen LogP contribution in [-0.2, 0) is 0 Å². The SMILES string of the molecule is Cc1ccc(OC2CCN(C)CC2N)nn1. The maximum Gasteiger partial charge on any atom is 0.233 e. The summed E-state index contributed by atoms with van der Waals surface area (Å²) in [6, 6.07) is 3.78. The van der Waals surface area contributed by atoms with Crippen molar-refractivity contribution < 1.29 is 4.74 Å². The molecule has 0 saturated carbocycles. The van der Waals surface area contributed by atoms with E-state index in [1.165, 1.54) is 0 Å². The number of piperidine rings is 1. The average molecular weight is 222 g/mol. The van der Waals surface area contributed by atoms with E-state index < -0.39 is 0 Å². The largest absolute Gasteiger partial charge is 0.472 e. The van der Waals surface area contributed by atoms with Gasteiger partial charge in [-0.3, -0.25) is 0 Å². The second-order valence-corrected chi connectivity index (χ2v) is 4.38. The quantitative estimate of drug-likeness (QED) is 0.774. The molecule has 5 heteroatoms. The number of hydrogen-bond acceptors (Lipinski definition) is 5. The molecule has 0 aromatic carbocycles. The summed E-state index contributed by atoms with van der Waals surface area (Å²) >= 11 is 0. The van der Waals surface area contributed by atoms with Gasteiger partial charge in [0.15, 0.2) is 0 Å². The fourth-order valence-corrected chi connectivity index (χ4v) is 1.88. The Labute approximate surface area is 95.6 Å².